The van der Waals surface area contributed by atoms with Gasteiger partial charge in [-0.15, -0.1) is 0 Å². The molecule has 1 atom stereocenters. The van der Waals surface area contributed by atoms with Crippen LogP contribution in [0.1, 0.15) is 5.56 Å². The van der Waals surface area contributed by atoms with Gasteiger partial charge in [0.05, 0.1) is 6.61 Å². The fourth-order valence-corrected chi connectivity index (χ4v) is 1.99. The zero-order chi connectivity index (χ0) is 14.5. The second kappa shape index (κ2) is 6.53. The van der Waals surface area contributed by atoms with Crippen LogP contribution in [-0.2, 0) is 4.74 Å². The zero-order valence-electron chi connectivity index (χ0n) is 11.3. The number of hydrogen-bond acceptors (Lipinski definition) is 5. The summed E-state index contributed by atoms with van der Waals surface area (Å²) in [7, 11) is 2.00. The van der Waals surface area contributed by atoms with Crippen molar-refractivity contribution in [2.75, 3.05) is 33.4 Å². The summed E-state index contributed by atoms with van der Waals surface area (Å²) < 4.78 is 24.8. The van der Waals surface area contributed by atoms with Gasteiger partial charge in [-0.2, -0.15) is 0 Å². The van der Waals surface area contributed by atoms with E-state index in [0.717, 1.165) is 19.2 Å². The van der Waals surface area contributed by atoms with Gasteiger partial charge in [0.15, 0.2) is 17.4 Å². The van der Waals surface area contributed by atoms with Gasteiger partial charge in [0.25, 0.3) is 0 Å². The van der Waals surface area contributed by atoms with Crippen molar-refractivity contribution in [1.82, 2.24) is 4.90 Å². The molecular weight excluding hydrogens is 265 g/mol. The average molecular weight is 283 g/mol. The van der Waals surface area contributed by atoms with E-state index in [1.165, 1.54) is 12.1 Å². The van der Waals surface area contributed by atoms with Gasteiger partial charge in [0.1, 0.15) is 12.7 Å². The van der Waals surface area contributed by atoms with Crippen molar-refractivity contribution in [3.05, 3.63) is 29.6 Å². The van der Waals surface area contributed by atoms with Crippen LogP contribution in [0.5, 0.6) is 5.75 Å². The molecule has 1 aliphatic rings. The Labute approximate surface area is 116 Å². The molecule has 0 bridgehead atoms. The number of benzene rings is 1. The van der Waals surface area contributed by atoms with E-state index in [4.69, 9.17) is 20.4 Å². The zero-order valence-corrected chi connectivity index (χ0v) is 11.3. The van der Waals surface area contributed by atoms with Crippen molar-refractivity contribution in [2.45, 2.75) is 6.10 Å². The number of nitrogens with zero attached hydrogens (tertiary/aromatic N) is 2. The molecule has 0 aliphatic carbocycles. The van der Waals surface area contributed by atoms with Gasteiger partial charge in [-0.3, -0.25) is 0 Å². The standard InChI is InChI=1S/C13H18FN3O3/c1-17-4-5-19-10(7-17)8-20-12-3-2-9(6-11(12)14)13(15)16-18/h2-3,6,10,18H,4-5,7-8H2,1H3,(H2,15,16). The smallest absolute Gasteiger partial charge is 0.170 e. The maximum absolute atomic E-state index is 13.8. The van der Waals surface area contributed by atoms with E-state index in [1.54, 1.807) is 0 Å². The molecular formula is C13H18FN3O3. The van der Waals surface area contributed by atoms with E-state index in [0.29, 0.717) is 12.2 Å². The highest BCUT2D eigenvalue weighted by Gasteiger charge is 2.19. The lowest BCUT2D eigenvalue weighted by Gasteiger charge is -2.29. The van der Waals surface area contributed by atoms with E-state index in [1.807, 2.05) is 7.05 Å². The van der Waals surface area contributed by atoms with E-state index in [9.17, 15) is 4.39 Å². The van der Waals surface area contributed by atoms with Gasteiger partial charge < -0.3 is 25.3 Å². The van der Waals surface area contributed by atoms with Crippen molar-refractivity contribution in [1.29, 1.82) is 0 Å². The molecule has 0 spiro atoms. The first-order valence-corrected chi connectivity index (χ1v) is 6.30. The van der Waals surface area contributed by atoms with Crippen molar-refractivity contribution in [2.24, 2.45) is 10.9 Å². The Morgan fingerprint density at radius 3 is 3.10 bits per heavy atom. The lowest BCUT2D eigenvalue weighted by atomic mass is 10.2. The van der Waals surface area contributed by atoms with Gasteiger partial charge in [-0.25, -0.2) is 4.39 Å². The Morgan fingerprint density at radius 2 is 2.45 bits per heavy atom. The molecule has 7 heteroatoms. The molecule has 1 unspecified atom stereocenters. The monoisotopic (exact) mass is 283 g/mol. The maximum atomic E-state index is 13.8. The molecule has 6 nitrogen and oxygen atoms in total. The normalized spacial score (nSPS) is 20.9. The highest BCUT2D eigenvalue weighted by Crippen LogP contribution is 2.19. The van der Waals surface area contributed by atoms with Crippen LogP contribution in [0.25, 0.3) is 0 Å². The molecule has 20 heavy (non-hydrogen) atoms. The fourth-order valence-electron chi connectivity index (χ4n) is 1.99. The highest BCUT2D eigenvalue weighted by atomic mass is 19.1. The summed E-state index contributed by atoms with van der Waals surface area (Å²) in [6.07, 6.45) is -0.0723. The predicted octanol–water partition coefficient (Wildman–Crippen LogP) is 0.630. The maximum Gasteiger partial charge on any atom is 0.170 e. The number of hydrogen-bond donors (Lipinski definition) is 2. The number of morpholine rings is 1. The van der Waals surface area contributed by atoms with Crippen LogP contribution in [0.3, 0.4) is 0 Å². The molecule has 1 aromatic rings. The summed E-state index contributed by atoms with van der Waals surface area (Å²) >= 11 is 0. The van der Waals surface area contributed by atoms with Gasteiger partial charge in [0.2, 0.25) is 0 Å². The largest absolute Gasteiger partial charge is 0.488 e. The van der Waals surface area contributed by atoms with Gasteiger partial charge in [-0.1, -0.05) is 5.16 Å². The molecule has 1 heterocycles. The molecule has 0 aromatic heterocycles. The third-order valence-corrected chi connectivity index (χ3v) is 3.10. The van der Waals surface area contributed by atoms with Gasteiger partial charge in [0, 0.05) is 18.7 Å². The van der Waals surface area contributed by atoms with Crippen molar-refractivity contribution in [3.63, 3.8) is 0 Å². The molecule has 1 saturated heterocycles. The summed E-state index contributed by atoms with van der Waals surface area (Å²) in [6.45, 7) is 2.57. The predicted molar refractivity (Wildman–Crippen MR) is 71.6 cm³/mol. The van der Waals surface area contributed by atoms with Crippen LogP contribution in [0.4, 0.5) is 4.39 Å². The number of oxime groups is 1. The Bertz CT molecular complexity index is 496. The van der Waals surface area contributed by atoms with Crippen molar-refractivity contribution >= 4 is 5.84 Å². The minimum Gasteiger partial charge on any atom is -0.488 e. The second-order valence-electron chi connectivity index (χ2n) is 4.70. The Kier molecular flexibility index (Phi) is 4.75. The first kappa shape index (κ1) is 14.5. The third kappa shape index (κ3) is 3.58. The van der Waals surface area contributed by atoms with Crippen LogP contribution in [0.2, 0.25) is 0 Å². The summed E-state index contributed by atoms with van der Waals surface area (Å²) in [5.41, 5.74) is 5.68. The summed E-state index contributed by atoms with van der Waals surface area (Å²) in [4.78, 5) is 2.13. The molecule has 3 N–H and O–H groups in total. The number of likely N-dealkylation sites (N-methyl/N-ethyl adjacent to an activating group) is 1. The minimum atomic E-state index is -0.557. The number of halogens is 1. The van der Waals surface area contributed by atoms with Gasteiger partial charge >= 0.3 is 0 Å². The lowest BCUT2D eigenvalue weighted by Crippen LogP contribution is -2.42. The third-order valence-electron chi connectivity index (χ3n) is 3.10. The molecule has 1 aliphatic heterocycles. The number of nitrogens with two attached hydrogens (primary N) is 1. The molecule has 0 saturated carbocycles. The van der Waals surface area contributed by atoms with Crippen molar-refractivity contribution in [3.8, 4) is 5.75 Å². The van der Waals surface area contributed by atoms with E-state index < -0.39 is 5.82 Å². The van der Waals surface area contributed by atoms with E-state index in [-0.39, 0.29) is 24.3 Å². The van der Waals surface area contributed by atoms with E-state index >= 15 is 0 Å². The molecule has 110 valence electrons. The number of rotatable bonds is 4. The summed E-state index contributed by atoms with van der Waals surface area (Å²) in [5.74, 6) is -0.581. The number of ether oxygens (including phenoxy) is 2. The Hall–Kier alpha value is -1.86. The van der Waals surface area contributed by atoms with E-state index in [2.05, 4.69) is 10.1 Å². The first-order chi connectivity index (χ1) is 9.60. The first-order valence-electron chi connectivity index (χ1n) is 6.30. The SMILES string of the molecule is CN1CCOC(COc2ccc(/C(N)=N/O)cc2F)C1. The molecule has 0 radical (unpaired) electrons. The minimum absolute atomic E-state index is 0.0723. The lowest BCUT2D eigenvalue weighted by molar-refractivity contribution is -0.0408. The summed E-state index contributed by atoms with van der Waals surface area (Å²) in [5, 5.41) is 11.4. The number of amidine groups is 1. The van der Waals surface area contributed by atoms with Crippen molar-refractivity contribution < 1.29 is 19.1 Å². The average Bonchev–Trinajstić information content (AvgIpc) is 2.45. The quantitative estimate of drug-likeness (QED) is 0.367. The van der Waals surface area contributed by atoms with Crippen LogP contribution in [-0.4, -0.2) is 55.4 Å². The highest BCUT2D eigenvalue weighted by molar-refractivity contribution is 5.97. The van der Waals surface area contributed by atoms with Crippen LogP contribution in [0.15, 0.2) is 23.4 Å². The Morgan fingerprint density at radius 1 is 1.65 bits per heavy atom. The van der Waals surface area contributed by atoms with Gasteiger partial charge in [-0.05, 0) is 25.2 Å². The topological polar surface area (TPSA) is 80.3 Å². The molecule has 1 fully saturated rings. The van der Waals surface area contributed by atoms with Crippen LogP contribution in [0, 0.1) is 5.82 Å². The second-order valence-corrected chi connectivity index (χ2v) is 4.70. The van der Waals surface area contributed by atoms with Crippen LogP contribution >= 0.6 is 0 Å². The molecule has 2 rings (SSSR count). The summed E-state index contributed by atoms with van der Waals surface area (Å²) in [6, 6.07) is 4.15. The Balaban J connectivity index is 1.96. The fraction of sp³-hybridized carbons (Fsp3) is 0.462. The van der Waals surface area contributed by atoms with Crippen LogP contribution < -0.4 is 10.5 Å². The molecule has 0 amide bonds. The molecule has 1 aromatic carbocycles.